The summed E-state index contributed by atoms with van der Waals surface area (Å²) in [5.41, 5.74) is 4.90. The summed E-state index contributed by atoms with van der Waals surface area (Å²) in [6.45, 7) is 1.40. The highest BCUT2D eigenvalue weighted by Crippen LogP contribution is 2.38. The number of aromatic hydroxyl groups is 3. The molecule has 8 heteroatoms. The SMILES string of the molecule is Cc1c(O)c(C=O)c2nc3c(O)ccc(C(N)=O)c3nc2c1O. The highest BCUT2D eigenvalue weighted by atomic mass is 16.3. The standard InChI is InChI=1S/C15H11N3O5/c1-5-13(21)7(4-19)10-12(14(5)22)18-9-6(15(16)23)2-3-8(20)11(9)17-10/h2-4,20-22H,1H3,(H2,16,23). The van der Waals surface area contributed by atoms with Crippen LogP contribution >= 0.6 is 0 Å². The van der Waals surface area contributed by atoms with E-state index in [4.69, 9.17) is 5.73 Å². The van der Waals surface area contributed by atoms with Crippen molar-refractivity contribution in [1.29, 1.82) is 0 Å². The Morgan fingerprint density at radius 1 is 1.04 bits per heavy atom. The van der Waals surface area contributed by atoms with Crippen LogP contribution in [-0.2, 0) is 0 Å². The predicted octanol–water partition coefficient (Wildman–Crippen LogP) is 1.12. The van der Waals surface area contributed by atoms with Crippen LogP contribution in [0.4, 0.5) is 0 Å². The average Bonchev–Trinajstić information content (AvgIpc) is 2.52. The molecule has 116 valence electrons. The molecule has 2 aromatic carbocycles. The predicted molar refractivity (Wildman–Crippen MR) is 80.7 cm³/mol. The zero-order chi connectivity index (χ0) is 16.9. The smallest absolute Gasteiger partial charge is 0.250 e. The number of carbonyl (C=O) groups excluding carboxylic acids is 2. The molecule has 0 saturated carbocycles. The van der Waals surface area contributed by atoms with Gasteiger partial charge in [-0.3, -0.25) is 9.59 Å². The van der Waals surface area contributed by atoms with Crippen LogP contribution in [-0.4, -0.2) is 37.5 Å². The van der Waals surface area contributed by atoms with Gasteiger partial charge in [-0.2, -0.15) is 0 Å². The van der Waals surface area contributed by atoms with Gasteiger partial charge in [0.1, 0.15) is 39.3 Å². The maximum Gasteiger partial charge on any atom is 0.250 e. The third kappa shape index (κ3) is 1.92. The number of nitrogens with two attached hydrogens (primary N) is 1. The van der Waals surface area contributed by atoms with Gasteiger partial charge in [-0.15, -0.1) is 0 Å². The van der Waals surface area contributed by atoms with Gasteiger partial charge < -0.3 is 21.1 Å². The van der Waals surface area contributed by atoms with Gasteiger partial charge in [0, 0.05) is 5.56 Å². The zero-order valence-corrected chi connectivity index (χ0v) is 11.9. The molecular weight excluding hydrogens is 302 g/mol. The van der Waals surface area contributed by atoms with E-state index in [1.54, 1.807) is 0 Å². The minimum absolute atomic E-state index is 0.00461. The Labute approximate surface area is 128 Å². The topological polar surface area (TPSA) is 147 Å². The lowest BCUT2D eigenvalue weighted by molar-refractivity contribution is 0.100. The molecule has 1 heterocycles. The largest absolute Gasteiger partial charge is 0.507 e. The molecule has 0 radical (unpaired) electrons. The summed E-state index contributed by atoms with van der Waals surface area (Å²) < 4.78 is 0. The summed E-state index contributed by atoms with van der Waals surface area (Å²) in [6, 6.07) is 2.50. The van der Waals surface area contributed by atoms with Crippen molar-refractivity contribution in [3.05, 3.63) is 28.8 Å². The number of phenols is 3. The van der Waals surface area contributed by atoms with Crippen molar-refractivity contribution in [3.63, 3.8) is 0 Å². The van der Waals surface area contributed by atoms with Gasteiger partial charge in [-0.1, -0.05) is 0 Å². The Kier molecular flexibility index (Phi) is 3.03. The fourth-order valence-electron chi connectivity index (χ4n) is 2.39. The molecule has 5 N–H and O–H groups in total. The zero-order valence-electron chi connectivity index (χ0n) is 11.9. The summed E-state index contributed by atoms with van der Waals surface area (Å²) in [5.74, 6) is -1.87. The number of aldehydes is 1. The van der Waals surface area contributed by atoms with E-state index in [-0.39, 0.29) is 50.3 Å². The van der Waals surface area contributed by atoms with Gasteiger partial charge in [0.05, 0.1) is 11.1 Å². The molecular formula is C15H11N3O5. The van der Waals surface area contributed by atoms with E-state index >= 15 is 0 Å². The lowest BCUT2D eigenvalue weighted by Crippen LogP contribution is -2.12. The van der Waals surface area contributed by atoms with Crippen LogP contribution in [0.1, 0.15) is 26.3 Å². The molecule has 0 unspecified atom stereocenters. The Morgan fingerprint density at radius 2 is 1.70 bits per heavy atom. The molecule has 0 spiro atoms. The molecule has 0 aliphatic heterocycles. The van der Waals surface area contributed by atoms with E-state index in [0.29, 0.717) is 6.29 Å². The molecule has 0 fully saturated rings. The minimum Gasteiger partial charge on any atom is -0.507 e. The quantitative estimate of drug-likeness (QED) is 0.409. The Hall–Kier alpha value is -3.42. The monoisotopic (exact) mass is 313 g/mol. The lowest BCUT2D eigenvalue weighted by Gasteiger charge is -2.11. The highest BCUT2D eigenvalue weighted by Gasteiger charge is 2.21. The maximum absolute atomic E-state index is 11.5. The lowest BCUT2D eigenvalue weighted by atomic mass is 10.0. The summed E-state index contributed by atoms with van der Waals surface area (Å²) >= 11 is 0. The number of amides is 1. The van der Waals surface area contributed by atoms with Gasteiger partial charge >= 0.3 is 0 Å². The number of hydrogen-bond acceptors (Lipinski definition) is 7. The molecule has 0 aliphatic rings. The van der Waals surface area contributed by atoms with Gasteiger partial charge in [0.25, 0.3) is 5.91 Å². The van der Waals surface area contributed by atoms with Crippen molar-refractivity contribution in [2.24, 2.45) is 5.73 Å². The first-order valence-electron chi connectivity index (χ1n) is 6.49. The summed E-state index contributed by atoms with van der Waals surface area (Å²) in [7, 11) is 0. The number of rotatable bonds is 2. The van der Waals surface area contributed by atoms with Crippen LogP contribution in [0.3, 0.4) is 0 Å². The second kappa shape index (κ2) is 4.80. The van der Waals surface area contributed by atoms with Crippen LogP contribution < -0.4 is 5.73 Å². The van der Waals surface area contributed by atoms with Crippen LogP contribution in [0.25, 0.3) is 22.1 Å². The molecule has 0 atom stereocenters. The van der Waals surface area contributed by atoms with Crippen molar-refractivity contribution >= 4 is 34.3 Å². The normalized spacial score (nSPS) is 11.0. The van der Waals surface area contributed by atoms with Crippen LogP contribution in [0, 0.1) is 6.92 Å². The molecule has 1 aromatic heterocycles. The summed E-state index contributed by atoms with van der Waals surface area (Å²) in [6.07, 6.45) is 0.375. The number of hydrogen-bond donors (Lipinski definition) is 4. The number of aromatic nitrogens is 2. The number of fused-ring (bicyclic) bond motifs is 2. The van der Waals surface area contributed by atoms with Crippen molar-refractivity contribution in [3.8, 4) is 17.2 Å². The number of nitrogens with zero attached hydrogens (tertiary/aromatic N) is 2. The highest BCUT2D eigenvalue weighted by molar-refractivity contribution is 6.09. The number of carbonyl (C=O) groups is 2. The number of benzene rings is 2. The molecule has 0 bridgehead atoms. The molecule has 1 amide bonds. The van der Waals surface area contributed by atoms with Crippen molar-refractivity contribution in [2.45, 2.75) is 6.92 Å². The molecule has 8 nitrogen and oxygen atoms in total. The van der Waals surface area contributed by atoms with Crippen LogP contribution in [0.2, 0.25) is 0 Å². The number of primary amides is 1. The Bertz CT molecular complexity index is 1010. The van der Waals surface area contributed by atoms with E-state index in [1.807, 2.05) is 0 Å². The first-order chi connectivity index (χ1) is 10.9. The van der Waals surface area contributed by atoms with E-state index in [1.165, 1.54) is 19.1 Å². The first kappa shape index (κ1) is 14.5. The summed E-state index contributed by atoms with van der Waals surface area (Å²) in [4.78, 5) is 31.0. The van der Waals surface area contributed by atoms with Gasteiger partial charge in [0.2, 0.25) is 0 Å². The Balaban J connectivity index is 2.62. The van der Waals surface area contributed by atoms with Crippen LogP contribution in [0.5, 0.6) is 17.2 Å². The van der Waals surface area contributed by atoms with Gasteiger partial charge in [-0.25, -0.2) is 9.97 Å². The van der Waals surface area contributed by atoms with Crippen LogP contribution in [0.15, 0.2) is 12.1 Å². The van der Waals surface area contributed by atoms with Gasteiger partial charge in [-0.05, 0) is 19.1 Å². The first-order valence-corrected chi connectivity index (χ1v) is 6.49. The minimum atomic E-state index is -0.783. The second-order valence-electron chi connectivity index (χ2n) is 4.97. The maximum atomic E-state index is 11.5. The van der Waals surface area contributed by atoms with Crippen molar-refractivity contribution < 1.29 is 24.9 Å². The van der Waals surface area contributed by atoms with E-state index in [0.717, 1.165) is 0 Å². The fourth-order valence-corrected chi connectivity index (χ4v) is 2.39. The summed E-state index contributed by atoms with van der Waals surface area (Å²) in [5, 5.41) is 30.1. The van der Waals surface area contributed by atoms with Gasteiger partial charge in [0.15, 0.2) is 6.29 Å². The number of phenolic OH excluding ortho intramolecular Hbond substituents is 3. The Morgan fingerprint density at radius 3 is 2.30 bits per heavy atom. The second-order valence-corrected chi connectivity index (χ2v) is 4.97. The molecule has 3 rings (SSSR count). The average molecular weight is 313 g/mol. The van der Waals surface area contributed by atoms with E-state index in [2.05, 4.69) is 9.97 Å². The third-order valence-electron chi connectivity index (χ3n) is 3.63. The molecule has 0 aliphatic carbocycles. The molecule has 3 aromatic rings. The fraction of sp³-hybridized carbons (Fsp3) is 0.0667. The third-order valence-corrected chi connectivity index (χ3v) is 3.63. The molecule has 0 saturated heterocycles. The van der Waals surface area contributed by atoms with E-state index in [9.17, 15) is 24.9 Å². The van der Waals surface area contributed by atoms with Crippen molar-refractivity contribution in [1.82, 2.24) is 9.97 Å². The van der Waals surface area contributed by atoms with E-state index < -0.39 is 11.7 Å². The van der Waals surface area contributed by atoms with Crippen molar-refractivity contribution in [2.75, 3.05) is 0 Å². The molecule has 23 heavy (non-hydrogen) atoms.